The van der Waals surface area contributed by atoms with Gasteiger partial charge in [0.1, 0.15) is 5.41 Å². The van der Waals surface area contributed by atoms with E-state index in [0.29, 0.717) is 43.1 Å². The van der Waals surface area contributed by atoms with Crippen molar-refractivity contribution in [3.63, 3.8) is 0 Å². The molecule has 4 nitrogen and oxygen atoms in total. The number of fused-ring (bicyclic) bond motifs is 1. The van der Waals surface area contributed by atoms with E-state index >= 15 is 0 Å². The van der Waals surface area contributed by atoms with Crippen LogP contribution in [0.25, 0.3) is 0 Å². The molecule has 0 saturated heterocycles. The van der Waals surface area contributed by atoms with E-state index in [1.165, 1.54) is 0 Å². The number of hydrogen-bond donors (Lipinski definition) is 0. The predicted molar refractivity (Wildman–Crippen MR) is 68.3 cm³/mol. The van der Waals surface area contributed by atoms with E-state index in [-0.39, 0.29) is 5.78 Å². The standard InChI is InChI=1S/C15H15NO3/c16-10-15(5-1-6-15)14(17)11-3-4-12-13(9-11)19-8-2-7-18-12/h3-4,9H,1-2,5-8H2. The highest BCUT2D eigenvalue weighted by Gasteiger charge is 2.44. The van der Waals surface area contributed by atoms with Crippen LogP contribution in [0.2, 0.25) is 0 Å². The molecule has 1 saturated carbocycles. The van der Waals surface area contributed by atoms with E-state index in [4.69, 9.17) is 9.47 Å². The normalized spacial score (nSPS) is 19.7. The molecule has 98 valence electrons. The molecule has 1 heterocycles. The second-order valence-corrected chi connectivity index (χ2v) is 5.09. The average Bonchev–Trinajstić information content (AvgIpc) is 2.62. The fourth-order valence-corrected chi connectivity index (χ4v) is 2.50. The van der Waals surface area contributed by atoms with E-state index in [1.54, 1.807) is 18.2 Å². The van der Waals surface area contributed by atoms with Crippen molar-refractivity contribution in [3.8, 4) is 17.6 Å². The van der Waals surface area contributed by atoms with Gasteiger partial charge in [-0.15, -0.1) is 0 Å². The Hall–Kier alpha value is -2.02. The highest BCUT2D eigenvalue weighted by atomic mass is 16.5. The molecule has 0 aromatic heterocycles. The first kappa shape index (κ1) is 12.0. The first-order valence-corrected chi connectivity index (χ1v) is 6.61. The van der Waals surface area contributed by atoms with Crippen molar-refractivity contribution in [3.05, 3.63) is 23.8 Å². The largest absolute Gasteiger partial charge is 0.490 e. The third kappa shape index (κ3) is 1.95. The molecule has 0 spiro atoms. The Bertz CT molecular complexity index is 555. The van der Waals surface area contributed by atoms with Crippen LogP contribution in [0.3, 0.4) is 0 Å². The maximum atomic E-state index is 12.4. The fraction of sp³-hybridized carbons (Fsp3) is 0.467. The van der Waals surface area contributed by atoms with Gasteiger partial charge in [-0.05, 0) is 37.5 Å². The minimum absolute atomic E-state index is 0.0862. The molecule has 0 N–H and O–H groups in total. The lowest BCUT2D eigenvalue weighted by atomic mass is 9.65. The summed E-state index contributed by atoms with van der Waals surface area (Å²) in [7, 11) is 0. The third-order valence-corrected chi connectivity index (χ3v) is 3.87. The van der Waals surface area contributed by atoms with Crippen molar-refractivity contribution in [2.24, 2.45) is 5.41 Å². The Morgan fingerprint density at radius 3 is 2.53 bits per heavy atom. The van der Waals surface area contributed by atoms with Crippen LogP contribution in [-0.2, 0) is 0 Å². The molecule has 1 aliphatic heterocycles. The van der Waals surface area contributed by atoms with Crippen LogP contribution in [0.15, 0.2) is 18.2 Å². The summed E-state index contributed by atoms with van der Waals surface area (Å²) in [5, 5.41) is 9.22. The third-order valence-electron chi connectivity index (χ3n) is 3.87. The molecule has 0 amide bonds. The van der Waals surface area contributed by atoms with Gasteiger partial charge in [0.25, 0.3) is 0 Å². The SMILES string of the molecule is N#CC1(C(=O)c2ccc3c(c2)OCCCO3)CCC1. The number of Topliss-reactive ketones (excluding diaryl/α,β-unsaturated/α-hetero) is 1. The van der Waals surface area contributed by atoms with Gasteiger partial charge in [0.05, 0.1) is 19.3 Å². The van der Waals surface area contributed by atoms with Crippen molar-refractivity contribution >= 4 is 5.78 Å². The number of ketones is 1. The predicted octanol–water partition coefficient (Wildman–Crippen LogP) is 2.72. The van der Waals surface area contributed by atoms with Crippen molar-refractivity contribution < 1.29 is 14.3 Å². The van der Waals surface area contributed by atoms with Gasteiger partial charge in [0, 0.05) is 12.0 Å². The van der Waals surface area contributed by atoms with Gasteiger partial charge in [-0.3, -0.25) is 4.79 Å². The van der Waals surface area contributed by atoms with E-state index in [1.807, 2.05) is 0 Å². The number of ether oxygens (including phenoxy) is 2. The van der Waals surface area contributed by atoms with E-state index in [2.05, 4.69) is 6.07 Å². The van der Waals surface area contributed by atoms with Gasteiger partial charge in [-0.1, -0.05) is 0 Å². The zero-order chi connectivity index (χ0) is 13.3. The van der Waals surface area contributed by atoms with E-state index < -0.39 is 5.41 Å². The summed E-state index contributed by atoms with van der Waals surface area (Å²) in [4.78, 5) is 12.4. The lowest BCUT2D eigenvalue weighted by Gasteiger charge is -2.33. The maximum absolute atomic E-state index is 12.4. The topological polar surface area (TPSA) is 59.3 Å². The molecular formula is C15H15NO3. The quantitative estimate of drug-likeness (QED) is 0.764. The van der Waals surface area contributed by atoms with Crippen LogP contribution in [-0.4, -0.2) is 19.0 Å². The Morgan fingerprint density at radius 2 is 1.89 bits per heavy atom. The summed E-state index contributed by atoms with van der Waals surface area (Å²) >= 11 is 0. The molecule has 2 aliphatic rings. The van der Waals surface area contributed by atoms with Gasteiger partial charge in [0.2, 0.25) is 0 Å². The number of nitrogens with zero attached hydrogens (tertiary/aromatic N) is 1. The molecule has 3 rings (SSSR count). The maximum Gasteiger partial charge on any atom is 0.183 e. The molecule has 0 atom stereocenters. The van der Waals surface area contributed by atoms with Gasteiger partial charge in [-0.2, -0.15) is 5.26 Å². The Labute approximate surface area is 111 Å². The Morgan fingerprint density at radius 1 is 1.16 bits per heavy atom. The van der Waals surface area contributed by atoms with Gasteiger partial charge < -0.3 is 9.47 Å². The van der Waals surface area contributed by atoms with Crippen LogP contribution in [0.5, 0.6) is 11.5 Å². The summed E-state index contributed by atoms with van der Waals surface area (Å²) in [6.07, 6.45) is 3.11. The average molecular weight is 257 g/mol. The Kier molecular flexibility index (Phi) is 2.90. The van der Waals surface area contributed by atoms with Gasteiger partial charge >= 0.3 is 0 Å². The summed E-state index contributed by atoms with van der Waals surface area (Å²) in [6, 6.07) is 7.38. The van der Waals surface area contributed by atoms with Crippen molar-refractivity contribution in [1.29, 1.82) is 5.26 Å². The van der Waals surface area contributed by atoms with Crippen LogP contribution in [0.4, 0.5) is 0 Å². The molecule has 4 heteroatoms. The Balaban J connectivity index is 1.92. The van der Waals surface area contributed by atoms with Crippen molar-refractivity contribution in [2.45, 2.75) is 25.7 Å². The lowest BCUT2D eigenvalue weighted by molar-refractivity contribution is 0.0748. The number of rotatable bonds is 2. The van der Waals surface area contributed by atoms with Gasteiger partial charge in [0.15, 0.2) is 17.3 Å². The minimum atomic E-state index is -0.806. The molecule has 0 unspecified atom stereocenters. The number of carbonyl (C=O) groups excluding carboxylic acids is 1. The summed E-state index contributed by atoms with van der Waals surface area (Å²) < 4.78 is 11.1. The van der Waals surface area contributed by atoms with E-state index in [9.17, 15) is 10.1 Å². The van der Waals surface area contributed by atoms with Crippen LogP contribution >= 0.6 is 0 Å². The fourth-order valence-electron chi connectivity index (χ4n) is 2.50. The monoisotopic (exact) mass is 257 g/mol. The van der Waals surface area contributed by atoms with Crippen LogP contribution < -0.4 is 9.47 Å². The molecule has 0 radical (unpaired) electrons. The molecular weight excluding hydrogens is 242 g/mol. The second-order valence-electron chi connectivity index (χ2n) is 5.09. The number of hydrogen-bond acceptors (Lipinski definition) is 4. The molecule has 19 heavy (non-hydrogen) atoms. The number of benzene rings is 1. The smallest absolute Gasteiger partial charge is 0.183 e. The number of carbonyl (C=O) groups is 1. The molecule has 0 bridgehead atoms. The zero-order valence-electron chi connectivity index (χ0n) is 10.6. The van der Waals surface area contributed by atoms with E-state index in [0.717, 1.165) is 12.8 Å². The molecule has 1 fully saturated rings. The molecule has 1 aromatic rings. The highest BCUT2D eigenvalue weighted by molar-refractivity contribution is 6.03. The summed E-state index contributed by atoms with van der Waals surface area (Å²) in [5.41, 5.74) is -0.259. The lowest BCUT2D eigenvalue weighted by Crippen LogP contribution is -2.36. The van der Waals surface area contributed by atoms with Crippen LogP contribution in [0, 0.1) is 16.7 Å². The summed E-state index contributed by atoms with van der Waals surface area (Å²) in [5.74, 6) is 1.20. The van der Waals surface area contributed by atoms with Crippen molar-refractivity contribution in [1.82, 2.24) is 0 Å². The zero-order valence-corrected chi connectivity index (χ0v) is 10.6. The van der Waals surface area contributed by atoms with Crippen LogP contribution in [0.1, 0.15) is 36.0 Å². The summed E-state index contributed by atoms with van der Waals surface area (Å²) in [6.45, 7) is 1.22. The minimum Gasteiger partial charge on any atom is -0.490 e. The number of nitriles is 1. The highest BCUT2D eigenvalue weighted by Crippen LogP contribution is 2.44. The first-order valence-electron chi connectivity index (χ1n) is 6.61. The molecule has 1 aliphatic carbocycles. The van der Waals surface area contributed by atoms with Crippen molar-refractivity contribution in [2.75, 3.05) is 13.2 Å². The first-order chi connectivity index (χ1) is 9.25. The van der Waals surface area contributed by atoms with Gasteiger partial charge in [-0.25, -0.2) is 0 Å². The second kappa shape index (κ2) is 4.58. The molecule has 1 aromatic carbocycles.